The molecule has 0 aliphatic heterocycles. The van der Waals surface area contributed by atoms with E-state index in [9.17, 15) is 0 Å². The smallest absolute Gasteiger partial charge is 0.0319 e. The van der Waals surface area contributed by atoms with Crippen LogP contribution in [-0.4, -0.2) is 18.5 Å². The Labute approximate surface area is 62.1 Å². The largest absolute Gasteiger partial charge is 0.313 e. The summed E-state index contributed by atoms with van der Waals surface area (Å²) in [4.78, 5) is 0. The van der Waals surface area contributed by atoms with Crippen LogP contribution in [0.3, 0.4) is 0 Å². The zero-order chi connectivity index (χ0) is 7.11. The van der Waals surface area contributed by atoms with Gasteiger partial charge in [0.1, 0.15) is 0 Å². The van der Waals surface area contributed by atoms with Crippen molar-refractivity contribution < 1.29 is 0 Å². The van der Waals surface area contributed by atoms with Crippen molar-refractivity contribution in [3.05, 3.63) is 12.7 Å². The molecule has 0 aromatic heterocycles. The summed E-state index contributed by atoms with van der Waals surface area (Å²) >= 11 is 5.69. The van der Waals surface area contributed by atoms with E-state index in [4.69, 9.17) is 11.6 Å². The molecule has 0 aliphatic carbocycles. The van der Waals surface area contributed by atoms with Gasteiger partial charge in [-0.05, 0) is 19.9 Å². The molecule has 0 heterocycles. The fourth-order valence-electron chi connectivity index (χ4n) is 0.505. The summed E-state index contributed by atoms with van der Waals surface area (Å²) in [5.41, 5.74) is 0. The second-order valence-corrected chi connectivity index (χ2v) is 2.81. The highest BCUT2D eigenvalue weighted by atomic mass is 35.5. The molecule has 0 aromatic rings. The third-order valence-corrected chi connectivity index (χ3v) is 1.23. The molecule has 0 amide bonds. The Morgan fingerprint density at radius 3 is 2.89 bits per heavy atom. The number of hydrogen-bond donors (Lipinski definition) is 1. The van der Waals surface area contributed by atoms with E-state index in [0.29, 0.717) is 0 Å². The summed E-state index contributed by atoms with van der Waals surface area (Å²) in [5.74, 6) is 0. The molecule has 0 aromatic carbocycles. The molecule has 0 saturated carbocycles. The van der Waals surface area contributed by atoms with E-state index in [-0.39, 0.29) is 5.38 Å². The summed E-state index contributed by atoms with van der Waals surface area (Å²) in [6.07, 6.45) is 2.87. The molecule has 0 spiro atoms. The second kappa shape index (κ2) is 6.12. The quantitative estimate of drug-likeness (QED) is 0.355. The molecule has 2 heteroatoms. The summed E-state index contributed by atoms with van der Waals surface area (Å²) in [6, 6.07) is 0. The van der Waals surface area contributed by atoms with Crippen LogP contribution in [0.15, 0.2) is 12.7 Å². The number of nitrogens with one attached hydrogen (secondary N) is 1. The predicted molar refractivity (Wildman–Crippen MR) is 43.0 cm³/mol. The first-order valence-corrected chi connectivity index (χ1v) is 3.66. The van der Waals surface area contributed by atoms with Crippen molar-refractivity contribution in [3.63, 3.8) is 0 Å². The van der Waals surface area contributed by atoms with Gasteiger partial charge in [0.05, 0.1) is 0 Å². The van der Waals surface area contributed by atoms with Gasteiger partial charge in [-0.3, -0.25) is 0 Å². The SMILES string of the molecule is C=CCNCCC(C)Cl. The van der Waals surface area contributed by atoms with Crippen molar-refractivity contribution in [3.8, 4) is 0 Å². The lowest BCUT2D eigenvalue weighted by molar-refractivity contribution is 0.686. The Morgan fingerprint density at radius 1 is 1.78 bits per heavy atom. The molecular formula is C7H14ClN. The molecule has 0 aliphatic rings. The maximum absolute atomic E-state index is 5.69. The highest BCUT2D eigenvalue weighted by Crippen LogP contribution is 1.96. The van der Waals surface area contributed by atoms with Gasteiger partial charge < -0.3 is 5.32 Å². The van der Waals surface area contributed by atoms with Crippen LogP contribution < -0.4 is 5.32 Å². The third kappa shape index (κ3) is 7.99. The van der Waals surface area contributed by atoms with Crippen molar-refractivity contribution in [2.75, 3.05) is 13.1 Å². The summed E-state index contributed by atoms with van der Waals surface area (Å²) in [7, 11) is 0. The van der Waals surface area contributed by atoms with Crippen molar-refractivity contribution in [1.82, 2.24) is 5.32 Å². The van der Waals surface area contributed by atoms with Gasteiger partial charge in [0.2, 0.25) is 0 Å². The van der Waals surface area contributed by atoms with Crippen molar-refractivity contribution >= 4 is 11.6 Å². The summed E-state index contributed by atoms with van der Waals surface area (Å²) in [6.45, 7) is 7.44. The monoisotopic (exact) mass is 147 g/mol. The predicted octanol–water partition coefficient (Wildman–Crippen LogP) is 1.78. The molecule has 9 heavy (non-hydrogen) atoms. The number of alkyl halides is 1. The molecule has 0 radical (unpaired) electrons. The van der Waals surface area contributed by atoms with Gasteiger partial charge in [0.25, 0.3) is 0 Å². The topological polar surface area (TPSA) is 12.0 Å². The zero-order valence-electron chi connectivity index (χ0n) is 5.86. The summed E-state index contributed by atoms with van der Waals surface area (Å²) in [5, 5.41) is 3.44. The van der Waals surface area contributed by atoms with E-state index in [1.165, 1.54) is 0 Å². The van der Waals surface area contributed by atoms with Crippen molar-refractivity contribution in [2.24, 2.45) is 0 Å². The standard InChI is InChI=1S/C7H14ClN/c1-3-5-9-6-4-7(2)8/h3,7,9H,1,4-6H2,2H3. The molecule has 1 unspecified atom stereocenters. The van der Waals surface area contributed by atoms with E-state index >= 15 is 0 Å². The molecule has 1 atom stereocenters. The number of hydrogen-bond acceptors (Lipinski definition) is 1. The normalized spacial score (nSPS) is 13.1. The Kier molecular flexibility index (Phi) is 6.11. The zero-order valence-corrected chi connectivity index (χ0v) is 6.62. The minimum absolute atomic E-state index is 0.280. The molecule has 54 valence electrons. The Hall–Kier alpha value is -0.0100. The van der Waals surface area contributed by atoms with Crippen LogP contribution in [0.4, 0.5) is 0 Å². The van der Waals surface area contributed by atoms with Crippen molar-refractivity contribution in [2.45, 2.75) is 18.7 Å². The molecule has 0 fully saturated rings. The molecule has 1 N–H and O–H groups in total. The van der Waals surface area contributed by atoms with E-state index < -0.39 is 0 Å². The van der Waals surface area contributed by atoms with Gasteiger partial charge in [0, 0.05) is 11.9 Å². The van der Waals surface area contributed by atoms with Crippen LogP contribution in [-0.2, 0) is 0 Å². The van der Waals surface area contributed by atoms with Gasteiger partial charge in [-0.25, -0.2) is 0 Å². The Balaban J connectivity index is 2.82. The summed E-state index contributed by atoms with van der Waals surface area (Å²) < 4.78 is 0. The van der Waals surface area contributed by atoms with Crippen LogP contribution in [0.2, 0.25) is 0 Å². The highest BCUT2D eigenvalue weighted by molar-refractivity contribution is 6.20. The Morgan fingerprint density at radius 2 is 2.44 bits per heavy atom. The molecule has 0 bridgehead atoms. The molecule has 1 nitrogen and oxygen atoms in total. The average molecular weight is 148 g/mol. The minimum atomic E-state index is 0.280. The van der Waals surface area contributed by atoms with Gasteiger partial charge in [-0.15, -0.1) is 18.2 Å². The van der Waals surface area contributed by atoms with Crippen LogP contribution in [0, 0.1) is 0 Å². The first-order valence-electron chi connectivity index (χ1n) is 3.23. The van der Waals surface area contributed by atoms with E-state index in [0.717, 1.165) is 19.5 Å². The second-order valence-electron chi connectivity index (χ2n) is 2.06. The molecular weight excluding hydrogens is 134 g/mol. The first kappa shape index (κ1) is 8.99. The maximum Gasteiger partial charge on any atom is 0.0319 e. The van der Waals surface area contributed by atoms with Gasteiger partial charge in [-0.2, -0.15) is 0 Å². The maximum atomic E-state index is 5.69. The fraction of sp³-hybridized carbons (Fsp3) is 0.714. The highest BCUT2D eigenvalue weighted by Gasteiger charge is 1.92. The van der Waals surface area contributed by atoms with Crippen LogP contribution in [0.1, 0.15) is 13.3 Å². The van der Waals surface area contributed by atoms with E-state index in [2.05, 4.69) is 11.9 Å². The van der Waals surface area contributed by atoms with Gasteiger partial charge in [0.15, 0.2) is 0 Å². The fourth-order valence-corrected chi connectivity index (χ4v) is 0.614. The van der Waals surface area contributed by atoms with Gasteiger partial charge in [-0.1, -0.05) is 6.08 Å². The molecule has 0 rings (SSSR count). The number of halogens is 1. The minimum Gasteiger partial charge on any atom is -0.313 e. The third-order valence-electron chi connectivity index (χ3n) is 1.01. The van der Waals surface area contributed by atoms with E-state index in [1.54, 1.807) is 0 Å². The lowest BCUT2D eigenvalue weighted by Crippen LogP contribution is -2.16. The van der Waals surface area contributed by atoms with Crippen LogP contribution in [0.25, 0.3) is 0 Å². The average Bonchev–Trinajstić information content (AvgIpc) is 1.80. The van der Waals surface area contributed by atoms with E-state index in [1.807, 2.05) is 13.0 Å². The first-order chi connectivity index (χ1) is 4.27. The van der Waals surface area contributed by atoms with Gasteiger partial charge >= 0.3 is 0 Å². The molecule has 0 saturated heterocycles. The van der Waals surface area contributed by atoms with Crippen LogP contribution in [0.5, 0.6) is 0 Å². The number of rotatable bonds is 5. The lowest BCUT2D eigenvalue weighted by atomic mass is 10.3. The van der Waals surface area contributed by atoms with Crippen molar-refractivity contribution in [1.29, 1.82) is 0 Å². The van der Waals surface area contributed by atoms with Crippen LogP contribution >= 0.6 is 11.6 Å². The Bertz CT molecular complexity index is 71.3. The lowest BCUT2D eigenvalue weighted by Gasteiger charge is -2.01.